The zero-order chi connectivity index (χ0) is 20.4. The van der Waals surface area contributed by atoms with Gasteiger partial charge in [0.05, 0.1) is 16.2 Å². The molecule has 0 spiro atoms. The van der Waals surface area contributed by atoms with Crippen molar-refractivity contribution >= 4 is 29.3 Å². The number of rotatable bonds is 9. The second-order valence-corrected chi connectivity index (χ2v) is 5.82. The van der Waals surface area contributed by atoms with Crippen molar-refractivity contribution in [2.75, 3.05) is 25.6 Å². The van der Waals surface area contributed by atoms with E-state index in [0.29, 0.717) is 36.4 Å². The molecule has 0 saturated heterocycles. The van der Waals surface area contributed by atoms with E-state index in [1.165, 1.54) is 24.3 Å². The molecular formula is C20H21N3O5. The summed E-state index contributed by atoms with van der Waals surface area (Å²) in [5.41, 5.74) is 1.37. The molecule has 0 saturated carbocycles. The highest BCUT2D eigenvalue weighted by Gasteiger charge is 2.11. The molecule has 2 N–H and O–H groups in total. The van der Waals surface area contributed by atoms with E-state index in [4.69, 9.17) is 4.74 Å². The summed E-state index contributed by atoms with van der Waals surface area (Å²) in [5, 5.41) is 16.1. The second kappa shape index (κ2) is 10.6. The first-order valence-corrected chi connectivity index (χ1v) is 8.61. The van der Waals surface area contributed by atoms with Gasteiger partial charge in [0.1, 0.15) is 0 Å². The van der Waals surface area contributed by atoms with Crippen molar-refractivity contribution in [3.63, 3.8) is 0 Å². The molecule has 0 atom stereocenters. The predicted octanol–water partition coefficient (Wildman–Crippen LogP) is 3.01. The number of nitro benzene ring substituents is 1. The van der Waals surface area contributed by atoms with E-state index in [1.54, 1.807) is 43.5 Å². The molecule has 0 aliphatic carbocycles. The average molecular weight is 383 g/mol. The van der Waals surface area contributed by atoms with Crippen molar-refractivity contribution in [2.24, 2.45) is 0 Å². The van der Waals surface area contributed by atoms with E-state index in [2.05, 4.69) is 10.6 Å². The Morgan fingerprint density at radius 2 is 1.86 bits per heavy atom. The lowest BCUT2D eigenvalue weighted by Crippen LogP contribution is -2.26. The Kier molecular flexibility index (Phi) is 7.86. The SMILES string of the molecule is COCCCNC(=O)c1ccccc1NC(=O)/C=C/c1ccc([N+](=O)[O-])cc1. The van der Waals surface area contributed by atoms with Gasteiger partial charge in [-0.05, 0) is 42.3 Å². The van der Waals surface area contributed by atoms with Gasteiger partial charge in [-0.2, -0.15) is 0 Å². The molecule has 0 unspecified atom stereocenters. The summed E-state index contributed by atoms with van der Waals surface area (Å²) in [4.78, 5) is 34.6. The molecule has 2 aromatic carbocycles. The van der Waals surface area contributed by atoms with Crippen LogP contribution >= 0.6 is 0 Å². The van der Waals surface area contributed by atoms with E-state index in [1.807, 2.05) is 0 Å². The Hall–Kier alpha value is -3.52. The fraction of sp³-hybridized carbons (Fsp3) is 0.200. The number of ether oxygens (including phenoxy) is 1. The molecule has 8 nitrogen and oxygen atoms in total. The number of carbonyl (C=O) groups is 2. The number of methoxy groups -OCH3 is 1. The number of amides is 2. The van der Waals surface area contributed by atoms with Crippen molar-refractivity contribution in [3.05, 3.63) is 75.8 Å². The number of carbonyl (C=O) groups excluding carboxylic acids is 2. The van der Waals surface area contributed by atoms with Crippen LogP contribution in [0.2, 0.25) is 0 Å². The summed E-state index contributed by atoms with van der Waals surface area (Å²) < 4.78 is 4.94. The quantitative estimate of drug-likeness (QED) is 0.299. The minimum atomic E-state index is -0.489. The maximum atomic E-state index is 12.3. The normalized spacial score (nSPS) is 10.6. The molecule has 2 aromatic rings. The smallest absolute Gasteiger partial charge is 0.269 e. The molecule has 0 aromatic heterocycles. The van der Waals surface area contributed by atoms with Gasteiger partial charge in [-0.3, -0.25) is 19.7 Å². The third-order valence-electron chi connectivity index (χ3n) is 3.77. The molecular weight excluding hydrogens is 362 g/mol. The molecule has 0 bridgehead atoms. The summed E-state index contributed by atoms with van der Waals surface area (Å²) in [7, 11) is 1.59. The second-order valence-electron chi connectivity index (χ2n) is 5.82. The lowest BCUT2D eigenvalue weighted by molar-refractivity contribution is -0.384. The Morgan fingerprint density at radius 3 is 2.54 bits per heavy atom. The number of nitrogens with one attached hydrogen (secondary N) is 2. The van der Waals surface area contributed by atoms with Gasteiger partial charge >= 0.3 is 0 Å². The van der Waals surface area contributed by atoms with Crippen LogP contribution in [0.3, 0.4) is 0 Å². The third-order valence-corrected chi connectivity index (χ3v) is 3.77. The van der Waals surface area contributed by atoms with Gasteiger partial charge in [-0.25, -0.2) is 0 Å². The van der Waals surface area contributed by atoms with Crippen LogP contribution in [-0.2, 0) is 9.53 Å². The van der Waals surface area contributed by atoms with Gasteiger partial charge in [0.2, 0.25) is 5.91 Å². The molecule has 0 heterocycles. The van der Waals surface area contributed by atoms with Crippen molar-refractivity contribution in [1.82, 2.24) is 5.32 Å². The maximum absolute atomic E-state index is 12.3. The van der Waals surface area contributed by atoms with E-state index >= 15 is 0 Å². The third kappa shape index (κ3) is 6.33. The van der Waals surface area contributed by atoms with Crippen molar-refractivity contribution in [2.45, 2.75) is 6.42 Å². The molecule has 0 aliphatic heterocycles. The first kappa shape index (κ1) is 20.8. The minimum Gasteiger partial charge on any atom is -0.385 e. The zero-order valence-corrected chi connectivity index (χ0v) is 15.4. The van der Waals surface area contributed by atoms with Crippen LogP contribution in [0.5, 0.6) is 0 Å². The zero-order valence-electron chi connectivity index (χ0n) is 15.4. The van der Waals surface area contributed by atoms with Crippen LogP contribution < -0.4 is 10.6 Å². The Balaban J connectivity index is 1.99. The summed E-state index contributed by atoms with van der Waals surface area (Å²) in [6.07, 6.45) is 3.52. The number of anilines is 1. The summed E-state index contributed by atoms with van der Waals surface area (Å²) in [5.74, 6) is -0.704. The molecule has 2 amide bonds. The fourth-order valence-corrected chi connectivity index (χ4v) is 2.36. The number of nitrogens with zero attached hydrogens (tertiary/aromatic N) is 1. The summed E-state index contributed by atoms with van der Waals surface area (Å²) in [6, 6.07) is 12.5. The maximum Gasteiger partial charge on any atom is 0.269 e. The Labute approximate surface area is 162 Å². The molecule has 2 rings (SSSR count). The topological polar surface area (TPSA) is 111 Å². The lowest BCUT2D eigenvalue weighted by Gasteiger charge is -2.10. The van der Waals surface area contributed by atoms with Gasteiger partial charge < -0.3 is 15.4 Å². The number of nitro groups is 1. The van der Waals surface area contributed by atoms with Gasteiger partial charge in [-0.15, -0.1) is 0 Å². The minimum absolute atomic E-state index is 0.0213. The van der Waals surface area contributed by atoms with E-state index in [-0.39, 0.29) is 11.6 Å². The van der Waals surface area contributed by atoms with Crippen molar-refractivity contribution in [1.29, 1.82) is 0 Å². The van der Waals surface area contributed by atoms with Crippen LogP contribution in [0.15, 0.2) is 54.6 Å². The summed E-state index contributed by atoms with van der Waals surface area (Å²) >= 11 is 0. The van der Waals surface area contributed by atoms with Gasteiger partial charge in [0, 0.05) is 38.5 Å². The molecule has 0 aliphatic rings. The lowest BCUT2D eigenvalue weighted by atomic mass is 10.1. The van der Waals surface area contributed by atoms with E-state index < -0.39 is 10.8 Å². The fourth-order valence-electron chi connectivity index (χ4n) is 2.36. The Morgan fingerprint density at radius 1 is 1.14 bits per heavy atom. The van der Waals surface area contributed by atoms with Crippen LogP contribution in [0.1, 0.15) is 22.3 Å². The van der Waals surface area contributed by atoms with Gasteiger partial charge in [0.25, 0.3) is 11.6 Å². The van der Waals surface area contributed by atoms with Gasteiger partial charge in [-0.1, -0.05) is 12.1 Å². The number of non-ortho nitro benzene ring substituents is 1. The van der Waals surface area contributed by atoms with E-state index in [9.17, 15) is 19.7 Å². The highest BCUT2D eigenvalue weighted by atomic mass is 16.6. The van der Waals surface area contributed by atoms with Gasteiger partial charge in [0.15, 0.2) is 0 Å². The molecule has 146 valence electrons. The van der Waals surface area contributed by atoms with Crippen LogP contribution in [0.4, 0.5) is 11.4 Å². The van der Waals surface area contributed by atoms with Crippen LogP contribution in [0, 0.1) is 10.1 Å². The standard InChI is InChI=1S/C20H21N3O5/c1-28-14-4-13-21-20(25)17-5-2-3-6-18(17)22-19(24)12-9-15-7-10-16(11-8-15)23(26)27/h2-3,5-12H,4,13-14H2,1H3,(H,21,25)(H,22,24)/b12-9+. The molecule has 0 radical (unpaired) electrons. The number of benzene rings is 2. The number of para-hydroxylation sites is 1. The summed E-state index contributed by atoms with van der Waals surface area (Å²) in [6.45, 7) is 1.01. The van der Waals surface area contributed by atoms with Crippen LogP contribution in [0.25, 0.3) is 6.08 Å². The molecule has 28 heavy (non-hydrogen) atoms. The first-order chi connectivity index (χ1) is 13.5. The van der Waals surface area contributed by atoms with E-state index in [0.717, 1.165) is 0 Å². The highest BCUT2D eigenvalue weighted by Crippen LogP contribution is 2.16. The number of hydrogen-bond donors (Lipinski definition) is 2. The largest absolute Gasteiger partial charge is 0.385 e. The Bertz CT molecular complexity index is 862. The predicted molar refractivity (Wildman–Crippen MR) is 106 cm³/mol. The van der Waals surface area contributed by atoms with Crippen molar-refractivity contribution in [3.8, 4) is 0 Å². The van der Waals surface area contributed by atoms with Crippen LogP contribution in [-0.4, -0.2) is 37.0 Å². The van der Waals surface area contributed by atoms with Crippen molar-refractivity contribution < 1.29 is 19.2 Å². The molecule has 0 fully saturated rings. The average Bonchev–Trinajstić information content (AvgIpc) is 2.70. The number of hydrogen-bond acceptors (Lipinski definition) is 5. The first-order valence-electron chi connectivity index (χ1n) is 8.61. The highest BCUT2D eigenvalue weighted by molar-refractivity contribution is 6.07. The molecule has 8 heteroatoms. The monoisotopic (exact) mass is 383 g/mol.